The highest BCUT2D eigenvalue weighted by atomic mass is 16.4. The van der Waals surface area contributed by atoms with Crippen molar-refractivity contribution in [3.8, 4) is 11.1 Å². The molecule has 0 heterocycles. The normalized spacial score (nSPS) is 14.3. The fourth-order valence-corrected chi connectivity index (χ4v) is 3.16. The van der Waals surface area contributed by atoms with Crippen LogP contribution in [-0.2, 0) is 9.59 Å². The third kappa shape index (κ3) is 2.18. The van der Waals surface area contributed by atoms with Gasteiger partial charge in [0.05, 0.1) is 12.3 Å². The minimum atomic E-state index is -1.09. The maximum absolute atomic E-state index is 11.6. The molecule has 2 aromatic rings. The summed E-state index contributed by atoms with van der Waals surface area (Å²) >= 11 is 0. The summed E-state index contributed by atoms with van der Waals surface area (Å²) in [5.41, 5.74) is 3.78. The molecule has 0 fully saturated rings. The average molecular weight is 282 g/mol. The van der Waals surface area contributed by atoms with Gasteiger partial charge in [-0.25, -0.2) is 0 Å². The monoisotopic (exact) mass is 282 g/mol. The Hall–Kier alpha value is -2.62. The van der Waals surface area contributed by atoms with Gasteiger partial charge in [-0.15, -0.1) is 0 Å². The summed E-state index contributed by atoms with van der Waals surface area (Å²) in [4.78, 5) is 22.6. The molecule has 0 aromatic heterocycles. The first-order valence-corrected chi connectivity index (χ1v) is 6.72. The van der Waals surface area contributed by atoms with Gasteiger partial charge in [0.2, 0.25) is 0 Å². The van der Waals surface area contributed by atoms with Crippen molar-refractivity contribution >= 4 is 11.9 Å². The van der Waals surface area contributed by atoms with Gasteiger partial charge in [0.1, 0.15) is 0 Å². The van der Waals surface area contributed by atoms with Crippen molar-refractivity contribution in [3.63, 3.8) is 0 Å². The molecule has 0 saturated heterocycles. The summed E-state index contributed by atoms with van der Waals surface area (Å²) < 4.78 is 0. The Morgan fingerprint density at radius 2 is 1.38 bits per heavy atom. The highest BCUT2D eigenvalue weighted by Crippen LogP contribution is 2.48. The number of carboxylic acid groups (broad SMARTS) is 2. The molecule has 106 valence electrons. The first-order valence-electron chi connectivity index (χ1n) is 6.72. The summed E-state index contributed by atoms with van der Waals surface area (Å²) in [6.45, 7) is 0. The lowest BCUT2D eigenvalue weighted by atomic mass is 9.82. The Morgan fingerprint density at radius 3 is 1.81 bits per heavy atom. The molecule has 1 aliphatic rings. The van der Waals surface area contributed by atoms with Gasteiger partial charge in [0.15, 0.2) is 0 Å². The van der Waals surface area contributed by atoms with Crippen molar-refractivity contribution in [2.75, 3.05) is 0 Å². The largest absolute Gasteiger partial charge is 0.481 e. The zero-order valence-electron chi connectivity index (χ0n) is 11.2. The van der Waals surface area contributed by atoms with Gasteiger partial charge >= 0.3 is 11.9 Å². The molecule has 0 aliphatic heterocycles. The van der Waals surface area contributed by atoms with E-state index in [9.17, 15) is 14.7 Å². The van der Waals surface area contributed by atoms with Gasteiger partial charge in [0.25, 0.3) is 0 Å². The predicted octanol–water partition coefficient (Wildman–Crippen LogP) is 2.97. The van der Waals surface area contributed by atoms with Crippen LogP contribution in [0.2, 0.25) is 0 Å². The maximum atomic E-state index is 11.6. The Balaban J connectivity index is 2.17. The fourth-order valence-electron chi connectivity index (χ4n) is 3.16. The van der Waals surface area contributed by atoms with Crippen molar-refractivity contribution in [3.05, 3.63) is 59.7 Å². The molecule has 1 aliphatic carbocycles. The average Bonchev–Trinajstić information content (AvgIpc) is 2.79. The summed E-state index contributed by atoms with van der Waals surface area (Å²) in [7, 11) is 0. The van der Waals surface area contributed by atoms with Gasteiger partial charge in [-0.05, 0) is 22.3 Å². The van der Waals surface area contributed by atoms with E-state index in [0.29, 0.717) is 0 Å². The van der Waals surface area contributed by atoms with Crippen molar-refractivity contribution in [2.45, 2.75) is 12.3 Å². The molecule has 4 nitrogen and oxygen atoms in total. The van der Waals surface area contributed by atoms with Gasteiger partial charge in [-0.2, -0.15) is 0 Å². The van der Waals surface area contributed by atoms with E-state index in [1.54, 1.807) is 0 Å². The van der Waals surface area contributed by atoms with Gasteiger partial charge in [-0.3, -0.25) is 9.59 Å². The van der Waals surface area contributed by atoms with Crippen LogP contribution in [0.15, 0.2) is 48.5 Å². The van der Waals surface area contributed by atoms with E-state index in [1.165, 1.54) is 0 Å². The van der Waals surface area contributed by atoms with E-state index in [-0.39, 0.29) is 6.42 Å². The van der Waals surface area contributed by atoms with E-state index in [4.69, 9.17) is 5.11 Å². The standard InChI is InChI=1S/C17H14O4/c18-15(19)9-14(17(20)21)16-12-7-3-1-5-10(12)11-6-2-4-8-13(11)16/h1-8,14,16H,9H2,(H,18,19)(H,20,21)/t14-/m0/s1. The summed E-state index contributed by atoms with van der Waals surface area (Å²) in [5, 5.41) is 18.5. The van der Waals surface area contributed by atoms with Crippen LogP contribution in [0, 0.1) is 5.92 Å². The molecule has 0 bridgehead atoms. The molecule has 0 unspecified atom stereocenters. The van der Waals surface area contributed by atoms with Crippen molar-refractivity contribution < 1.29 is 19.8 Å². The molecule has 1 atom stereocenters. The van der Waals surface area contributed by atoms with Gasteiger partial charge in [-0.1, -0.05) is 48.5 Å². The first kappa shape index (κ1) is 13.4. The molecule has 0 radical (unpaired) electrons. The van der Waals surface area contributed by atoms with E-state index in [2.05, 4.69) is 0 Å². The van der Waals surface area contributed by atoms with Crippen molar-refractivity contribution in [1.29, 1.82) is 0 Å². The Labute approximate surface area is 121 Å². The van der Waals surface area contributed by atoms with E-state index in [0.717, 1.165) is 22.3 Å². The zero-order chi connectivity index (χ0) is 15.0. The minimum Gasteiger partial charge on any atom is -0.481 e. The number of aliphatic carboxylic acids is 2. The number of hydrogen-bond donors (Lipinski definition) is 2. The molecule has 3 rings (SSSR count). The van der Waals surface area contributed by atoms with Crippen LogP contribution in [0.25, 0.3) is 11.1 Å². The Morgan fingerprint density at radius 1 is 0.905 bits per heavy atom. The Kier molecular flexibility index (Phi) is 3.22. The Bertz CT molecular complexity index is 675. The van der Waals surface area contributed by atoms with Crippen LogP contribution < -0.4 is 0 Å². The smallest absolute Gasteiger partial charge is 0.308 e. The highest BCUT2D eigenvalue weighted by Gasteiger charge is 2.38. The third-order valence-corrected chi connectivity index (χ3v) is 4.00. The second-order valence-electron chi connectivity index (χ2n) is 5.19. The fraction of sp³-hybridized carbons (Fsp3) is 0.176. The molecule has 2 aromatic carbocycles. The van der Waals surface area contributed by atoms with Crippen LogP contribution in [0.4, 0.5) is 0 Å². The summed E-state index contributed by atoms with van der Waals surface area (Å²) in [6, 6.07) is 15.2. The van der Waals surface area contributed by atoms with Gasteiger partial charge < -0.3 is 10.2 Å². The third-order valence-electron chi connectivity index (χ3n) is 4.00. The van der Waals surface area contributed by atoms with Crippen molar-refractivity contribution in [2.24, 2.45) is 5.92 Å². The lowest BCUT2D eigenvalue weighted by molar-refractivity contribution is -0.148. The van der Waals surface area contributed by atoms with Crippen LogP contribution in [-0.4, -0.2) is 22.2 Å². The number of carboxylic acids is 2. The summed E-state index contributed by atoms with van der Waals surface area (Å²) in [5.74, 6) is -3.54. The molecule has 21 heavy (non-hydrogen) atoms. The number of carbonyl (C=O) groups is 2. The number of fused-ring (bicyclic) bond motifs is 3. The van der Waals surface area contributed by atoms with Crippen molar-refractivity contribution in [1.82, 2.24) is 0 Å². The molecule has 0 saturated carbocycles. The van der Waals surface area contributed by atoms with Gasteiger partial charge in [0, 0.05) is 5.92 Å². The second-order valence-corrected chi connectivity index (χ2v) is 5.19. The maximum Gasteiger partial charge on any atom is 0.308 e. The van der Waals surface area contributed by atoms with Crippen LogP contribution in [0.1, 0.15) is 23.5 Å². The first-order chi connectivity index (χ1) is 10.1. The second kappa shape index (κ2) is 5.05. The lowest BCUT2D eigenvalue weighted by Gasteiger charge is -2.20. The SMILES string of the molecule is O=C(O)C[C@H](C(=O)O)C1c2ccccc2-c2ccccc21. The number of benzene rings is 2. The topological polar surface area (TPSA) is 74.6 Å². The molecule has 2 N–H and O–H groups in total. The highest BCUT2D eigenvalue weighted by molar-refractivity contribution is 5.85. The van der Waals surface area contributed by atoms with Crippen LogP contribution in [0.3, 0.4) is 0 Å². The predicted molar refractivity (Wildman–Crippen MR) is 77.1 cm³/mol. The number of rotatable bonds is 4. The molecule has 0 spiro atoms. The van der Waals surface area contributed by atoms with E-state index < -0.39 is 23.8 Å². The van der Waals surface area contributed by atoms with E-state index in [1.807, 2.05) is 48.5 Å². The quantitative estimate of drug-likeness (QED) is 0.904. The molecular weight excluding hydrogens is 268 g/mol. The zero-order valence-corrected chi connectivity index (χ0v) is 11.2. The van der Waals surface area contributed by atoms with Crippen LogP contribution >= 0.6 is 0 Å². The summed E-state index contributed by atoms with van der Waals surface area (Å²) in [6.07, 6.45) is -0.386. The molecule has 0 amide bonds. The van der Waals surface area contributed by atoms with E-state index >= 15 is 0 Å². The molecular formula is C17H14O4. The minimum absolute atomic E-state index is 0.386. The number of hydrogen-bond acceptors (Lipinski definition) is 2. The molecule has 4 heteroatoms. The lowest BCUT2D eigenvalue weighted by Crippen LogP contribution is -2.24. The van der Waals surface area contributed by atoms with Crippen LogP contribution in [0.5, 0.6) is 0 Å².